The van der Waals surface area contributed by atoms with Crippen LogP contribution in [-0.4, -0.2) is 47.5 Å². The Balaban J connectivity index is 1.82. The molecular formula is C49H67NO5. The van der Waals surface area contributed by atoms with Crippen molar-refractivity contribution in [1.29, 1.82) is 0 Å². The minimum atomic E-state index is -0.0614. The lowest BCUT2D eigenvalue weighted by atomic mass is 9.90. The molecule has 0 atom stereocenters. The summed E-state index contributed by atoms with van der Waals surface area (Å²) in [4.78, 5) is 2.61. The maximum atomic E-state index is 11.4. The van der Waals surface area contributed by atoms with E-state index >= 15 is 0 Å². The first-order valence-corrected chi connectivity index (χ1v) is 20.9. The van der Waals surface area contributed by atoms with Gasteiger partial charge in [-0.3, -0.25) is 4.90 Å². The van der Waals surface area contributed by atoms with Crippen LogP contribution in [0.3, 0.4) is 0 Å². The molecule has 0 amide bonds. The number of hydrogen-bond acceptors (Lipinski definition) is 6. The van der Waals surface area contributed by atoms with Crippen molar-refractivity contribution in [3.8, 4) is 28.7 Å². The van der Waals surface area contributed by atoms with E-state index in [9.17, 15) is 5.11 Å². The summed E-state index contributed by atoms with van der Waals surface area (Å²) >= 11 is 0. The molecule has 0 spiro atoms. The SMILES string of the molecule is CCCCN(CCCC)Cc1cc2c(OC(C)C)c(c1)Cc1cc(O)cc(c1OC(C)C)Cc1cccc(c1OC(C)C)Cc1cccc(c1OC(C)C)C2. The standard InChI is InChI=1S/C49H67NO5/c1-11-13-21-50(22-14-12-2)31-36-23-41-26-39-19-15-17-37(46(39)52-32(3)4)25-38-18-16-20-40(47(38)53-33(5)6)27-43-29-45(51)30-44(49(43)55-35(9)10)28-42(24-36)48(41)54-34(7)8/h15-20,23-24,29-30,32-35,51H,11-14,21-22,25-28,31H2,1-10H3. The lowest BCUT2D eigenvalue weighted by molar-refractivity contribution is 0.232. The fraction of sp³-hybridized carbons (Fsp3) is 0.510. The maximum absolute atomic E-state index is 11.4. The zero-order valence-corrected chi connectivity index (χ0v) is 35.4. The van der Waals surface area contributed by atoms with Crippen molar-refractivity contribution in [3.63, 3.8) is 0 Å². The van der Waals surface area contributed by atoms with Crippen molar-refractivity contribution in [3.05, 3.63) is 111 Å². The van der Waals surface area contributed by atoms with Crippen LogP contribution >= 0.6 is 0 Å². The summed E-state index contributed by atoms with van der Waals surface area (Å²) in [7, 11) is 0. The summed E-state index contributed by atoms with van der Waals surface area (Å²) in [6.45, 7) is 24.2. The number of nitrogens with zero attached hydrogens (tertiary/aromatic N) is 1. The second kappa shape index (κ2) is 19.6. The van der Waals surface area contributed by atoms with Gasteiger partial charge in [0.15, 0.2) is 0 Å². The van der Waals surface area contributed by atoms with E-state index in [4.69, 9.17) is 18.9 Å². The van der Waals surface area contributed by atoms with E-state index in [-0.39, 0.29) is 30.2 Å². The Morgan fingerprint density at radius 2 is 0.800 bits per heavy atom. The second-order valence-electron chi connectivity index (χ2n) is 16.5. The topological polar surface area (TPSA) is 60.4 Å². The lowest BCUT2D eigenvalue weighted by Gasteiger charge is -2.27. The summed E-state index contributed by atoms with van der Waals surface area (Å²) in [6.07, 6.45) is 6.96. The van der Waals surface area contributed by atoms with Crippen LogP contribution in [-0.2, 0) is 32.2 Å². The predicted octanol–water partition coefficient (Wildman–Crippen LogP) is 11.6. The Labute approximate surface area is 332 Å². The molecule has 0 saturated heterocycles. The van der Waals surface area contributed by atoms with Gasteiger partial charge in [0.25, 0.3) is 0 Å². The minimum absolute atomic E-state index is 0.000670. The molecule has 1 aliphatic carbocycles. The monoisotopic (exact) mass is 750 g/mol. The summed E-state index contributed by atoms with van der Waals surface area (Å²) in [6, 6.07) is 21.5. The molecular weight excluding hydrogens is 683 g/mol. The summed E-state index contributed by atoms with van der Waals surface area (Å²) < 4.78 is 27.0. The fourth-order valence-corrected chi connectivity index (χ4v) is 7.67. The van der Waals surface area contributed by atoms with Crippen LogP contribution in [0.15, 0.2) is 60.7 Å². The van der Waals surface area contributed by atoms with E-state index in [0.717, 1.165) is 87.1 Å². The molecule has 6 nitrogen and oxygen atoms in total. The Hall–Kier alpha value is -4.16. The van der Waals surface area contributed by atoms with E-state index in [0.29, 0.717) is 25.7 Å². The van der Waals surface area contributed by atoms with Gasteiger partial charge in [0.2, 0.25) is 0 Å². The Kier molecular flexibility index (Phi) is 15.0. The molecule has 298 valence electrons. The zero-order chi connectivity index (χ0) is 39.6. The van der Waals surface area contributed by atoms with E-state index in [1.54, 1.807) is 0 Å². The Bertz CT molecular complexity index is 1850. The van der Waals surface area contributed by atoms with Crippen LogP contribution in [0.5, 0.6) is 28.7 Å². The number of ether oxygens (including phenoxy) is 4. The minimum Gasteiger partial charge on any atom is -0.508 e. The number of phenols is 1. The van der Waals surface area contributed by atoms with Gasteiger partial charge in [-0.2, -0.15) is 0 Å². The van der Waals surface area contributed by atoms with Crippen molar-refractivity contribution in [2.75, 3.05) is 13.1 Å². The first-order valence-electron chi connectivity index (χ1n) is 20.9. The highest BCUT2D eigenvalue weighted by atomic mass is 16.5. The average Bonchev–Trinajstić information content (AvgIpc) is 3.10. The van der Waals surface area contributed by atoms with Crippen LogP contribution in [0.2, 0.25) is 0 Å². The van der Waals surface area contributed by atoms with Crippen LogP contribution in [0.25, 0.3) is 0 Å². The first-order chi connectivity index (χ1) is 26.3. The second-order valence-corrected chi connectivity index (χ2v) is 16.5. The van der Waals surface area contributed by atoms with Gasteiger partial charge >= 0.3 is 0 Å². The molecule has 1 N–H and O–H groups in total. The van der Waals surface area contributed by atoms with Gasteiger partial charge in [0.1, 0.15) is 28.7 Å². The third-order valence-corrected chi connectivity index (χ3v) is 9.89. The van der Waals surface area contributed by atoms with E-state index < -0.39 is 0 Å². The van der Waals surface area contributed by atoms with Gasteiger partial charge < -0.3 is 24.1 Å². The number of rotatable bonds is 16. The highest BCUT2D eigenvalue weighted by molar-refractivity contribution is 5.58. The van der Waals surface area contributed by atoms with E-state index in [1.807, 2.05) is 12.1 Å². The predicted molar refractivity (Wildman–Crippen MR) is 227 cm³/mol. The first kappa shape index (κ1) is 42.0. The van der Waals surface area contributed by atoms with Crippen molar-refractivity contribution >= 4 is 0 Å². The summed E-state index contributed by atoms with van der Waals surface area (Å²) in [5.41, 5.74) is 9.79. The number of para-hydroxylation sites is 2. The molecule has 4 aromatic rings. The highest BCUT2D eigenvalue weighted by Gasteiger charge is 2.25. The fourth-order valence-electron chi connectivity index (χ4n) is 7.67. The smallest absolute Gasteiger partial charge is 0.127 e. The van der Waals surface area contributed by atoms with Gasteiger partial charge in [0, 0.05) is 43.4 Å². The maximum Gasteiger partial charge on any atom is 0.127 e. The molecule has 0 unspecified atom stereocenters. The quantitative estimate of drug-likeness (QED) is 0.108. The molecule has 0 radical (unpaired) electrons. The molecule has 55 heavy (non-hydrogen) atoms. The molecule has 8 bridgehead atoms. The van der Waals surface area contributed by atoms with Gasteiger partial charge in [-0.25, -0.2) is 0 Å². The Morgan fingerprint density at radius 3 is 1.15 bits per heavy atom. The molecule has 0 aromatic heterocycles. The van der Waals surface area contributed by atoms with Crippen LogP contribution in [0, 0.1) is 0 Å². The van der Waals surface area contributed by atoms with Crippen molar-refractivity contribution in [2.45, 2.75) is 152 Å². The normalized spacial score (nSPS) is 12.9. The zero-order valence-electron chi connectivity index (χ0n) is 35.4. The summed E-state index contributed by atoms with van der Waals surface area (Å²) in [5.74, 6) is 3.75. The molecule has 5 rings (SSSR count). The third-order valence-electron chi connectivity index (χ3n) is 9.89. The largest absolute Gasteiger partial charge is 0.508 e. The van der Waals surface area contributed by atoms with Gasteiger partial charge in [0.05, 0.1) is 24.4 Å². The molecule has 1 aliphatic rings. The number of benzene rings is 4. The Morgan fingerprint density at radius 1 is 0.491 bits per heavy atom. The van der Waals surface area contributed by atoms with Gasteiger partial charge in [-0.1, -0.05) is 75.2 Å². The number of aromatic hydroxyl groups is 1. The average molecular weight is 750 g/mol. The summed E-state index contributed by atoms with van der Waals surface area (Å²) in [5, 5.41) is 11.4. The van der Waals surface area contributed by atoms with Gasteiger partial charge in [-0.05, 0) is 132 Å². The van der Waals surface area contributed by atoms with Crippen LogP contribution in [0.4, 0.5) is 0 Å². The van der Waals surface area contributed by atoms with Crippen molar-refractivity contribution in [2.24, 2.45) is 0 Å². The van der Waals surface area contributed by atoms with Crippen molar-refractivity contribution < 1.29 is 24.1 Å². The molecule has 0 saturated carbocycles. The molecule has 0 fully saturated rings. The third kappa shape index (κ3) is 11.4. The number of phenolic OH excluding ortho intramolecular Hbond substituents is 1. The lowest BCUT2D eigenvalue weighted by Crippen LogP contribution is -2.26. The molecule has 0 aliphatic heterocycles. The van der Waals surface area contributed by atoms with Crippen molar-refractivity contribution in [1.82, 2.24) is 4.90 Å². The van der Waals surface area contributed by atoms with Gasteiger partial charge in [-0.15, -0.1) is 0 Å². The highest BCUT2D eigenvalue weighted by Crippen LogP contribution is 2.41. The van der Waals surface area contributed by atoms with E-state index in [1.165, 1.54) is 31.2 Å². The number of unbranched alkanes of at least 4 members (excludes halogenated alkanes) is 2. The number of hydrogen-bond donors (Lipinski definition) is 1. The van der Waals surface area contributed by atoms with Crippen LogP contribution in [0.1, 0.15) is 145 Å². The molecule has 0 heterocycles. The van der Waals surface area contributed by atoms with E-state index in [2.05, 4.69) is 123 Å². The number of fused-ring (bicyclic) bond motifs is 8. The molecule has 4 aromatic carbocycles. The van der Waals surface area contributed by atoms with Crippen LogP contribution < -0.4 is 18.9 Å². The molecule has 6 heteroatoms.